The number of nitrogens with zero attached hydrogens (tertiary/aromatic N) is 1. The van der Waals surface area contributed by atoms with E-state index in [0.717, 1.165) is 22.9 Å². The number of hydrogen-bond acceptors (Lipinski definition) is 3. The highest BCUT2D eigenvalue weighted by atomic mass is 35.5. The molecule has 0 saturated carbocycles. The number of benzene rings is 1. The first kappa shape index (κ1) is 11.6. The molecule has 0 aliphatic heterocycles. The van der Waals surface area contributed by atoms with Gasteiger partial charge in [-0.15, -0.1) is 11.3 Å². The molecule has 0 radical (unpaired) electrons. The van der Waals surface area contributed by atoms with E-state index in [4.69, 9.17) is 17.3 Å². The lowest BCUT2D eigenvalue weighted by Crippen LogP contribution is -2.00. The molecular weight excluding hydrogens is 240 g/mol. The minimum absolute atomic E-state index is 0.679. The van der Waals surface area contributed by atoms with Crippen molar-refractivity contribution in [2.75, 3.05) is 6.54 Å². The normalized spacial score (nSPS) is 10.6. The monoisotopic (exact) mass is 252 g/mol. The molecule has 1 aromatic heterocycles. The lowest BCUT2D eigenvalue weighted by molar-refractivity contribution is 0.983. The molecule has 0 atom stereocenters. The van der Waals surface area contributed by atoms with Crippen LogP contribution in [-0.4, -0.2) is 11.5 Å². The SMILES string of the molecule is NCCc1cnc(Cc2cccc(Cl)c2)s1. The van der Waals surface area contributed by atoms with E-state index in [1.165, 1.54) is 10.4 Å². The third-order valence-corrected chi connectivity index (χ3v) is 3.53. The first-order chi connectivity index (χ1) is 7.78. The summed E-state index contributed by atoms with van der Waals surface area (Å²) in [5.41, 5.74) is 6.70. The van der Waals surface area contributed by atoms with E-state index in [-0.39, 0.29) is 0 Å². The van der Waals surface area contributed by atoms with Gasteiger partial charge in [0, 0.05) is 22.5 Å². The fraction of sp³-hybridized carbons (Fsp3) is 0.250. The topological polar surface area (TPSA) is 38.9 Å². The molecule has 16 heavy (non-hydrogen) atoms. The van der Waals surface area contributed by atoms with Crippen molar-refractivity contribution >= 4 is 22.9 Å². The fourth-order valence-electron chi connectivity index (χ4n) is 1.51. The van der Waals surface area contributed by atoms with Crippen LogP contribution in [0.25, 0.3) is 0 Å². The van der Waals surface area contributed by atoms with Crippen LogP contribution in [0.1, 0.15) is 15.4 Å². The lowest BCUT2D eigenvalue weighted by atomic mass is 10.2. The zero-order valence-corrected chi connectivity index (χ0v) is 10.4. The molecule has 2 nitrogen and oxygen atoms in total. The molecule has 4 heteroatoms. The van der Waals surface area contributed by atoms with Crippen LogP contribution < -0.4 is 5.73 Å². The predicted octanol–water partition coefficient (Wildman–Crippen LogP) is 2.89. The lowest BCUT2D eigenvalue weighted by Gasteiger charge is -1.98. The Morgan fingerprint density at radius 3 is 3.00 bits per heavy atom. The van der Waals surface area contributed by atoms with E-state index < -0.39 is 0 Å². The summed E-state index contributed by atoms with van der Waals surface area (Å²) in [5, 5.41) is 1.89. The number of rotatable bonds is 4. The van der Waals surface area contributed by atoms with Gasteiger partial charge >= 0.3 is 0 Å². The van der Waals surface area contributed by atoms with Crippen molar-refractivity contribution in [1.29, 1.82) is 0 Å². The van der Waals surface area contributed by atoms with Gasteiger partial charge in [0.2, 0.25) is 0 Å². The van der Waals surface area contributed by atoms with Crippen molar-refractivity contribution in [2.24, 2.45) is 5.73 Å². The van der Waals surface area contributed by atoms with Crippen molar-refractivity contribution < 1.29 is 0 Å². The smallest absolute Gasteiger partial charge is 0.0971 e. The van der Waals surface area contributed by atoms with Crippen LogP contribution in [0, 0.1) is 0 Å². The summed E-state index contributed by atoms with van der Waals surface area (Å²) >= 11 is 7.66. The van der Waals surface area contributed by atoms with Gasteiger partial charge in [-0.2, -0.15) is 0 Å². The quantitative estimate of drug-likeness (QED) is 0.909. The highest BCUT2D eigenvalue weighted by Gasteiger charge is 2.03. The van der Waals surface area contributed by atoms with E-state index in [1.54, 1.807) is 11.3 Å². The number of thiazole rings is 1. The van der Waals surface area contributed by atoms with E-state index in [0.29, 0.717) is 6.54 Å². The highest BCUT2D eigenvalue weighted by molar-refractivity contribution is 7.11. The second-order valence-corrected chi connectivity index (χ2v) is 5.20. The van der Waals surface area contributed by atoms with Crippen LogP contribution in [0.5, 0.6) is 0 Å². The largest absolute Gasteiger partial charge is 0.330 e. The molecule has 1 aromatic carbocycles. The molecule has 0 unspecified atom stereocenters. The standard InChI is InChI=1S/C12H13ClN2S/c13-10-3-1-2-9(6-10)7-12-15-8-11(16-12)4-5-14/h1-3,6,8H,4-5,7,14H2. The van der Waals surface area contributed by atoms with Gasteiger partial charge in [-0.05, 0) is 30.7 Å². The van der Waals surface area contributed by atoms with Crippen molar-refractivity contribution in [3.05, 3.63) is 50.9 Å². The Kier molecular flexibility index (Phi) is 3.93. The van der Waals surface area contributed by atoms with E-state index in [2.05, 4.69) is 11.1 Å². The van der Waals surface area contributed by atoms with Gasteiger partial charge in [-0.1, -0.05) is 23.7 Å². The molecule has 0 amide bonds. The Morgan fingerprint density at radius 2 is 2.25 bits per heavy atom. The van der Waals surface area contributed by atoms with Gasteiger partial charge in [-0.3, -0.25) is 0 Å². The van der Waals surface area contributed by atoms with Crippen LogP contribution in [0.4, 0.5) is 0 Å². The molecule has 1 heterocycles. The van der Waals surface area contributed by atoms with Crippen molar-refractivity contribution in [3.8, 4) is 0 Å². The Labute approximate surface area is 104 Å². The molecule has 0 spiro atoms. The maximum Gasteiger partial charge on any atom is 0.0971 e. The Hall–Kier alpha value is -0.900. The number of halogens is 1. The van der Waals surface area contributed by atoms with Crippen LogP contribution in [0.2, 0.25) is 5.02 Å². The average molecular weight is 253 g/mol. The molecule has 0 saturated heterocycles. The summed E-state index contributed by atoms with van der Waals surface area (Å²) in [6, 6.07) is 7.89. The van der Waals surface area contributed by atoms with Gasteiger partial charge in [0.1, 0.15) is 0 Å². The van der Waals surface area contributed by atoms with Crippen molar-refractivity contribution in [1.82, 2.24) is 4.98 Å². The van der Waals surface area contributed by atoms with E-state index in [9.17, 15) is 0 Å². The third kappa shape index (κ3) is 3.04. The fourth-order valence-corrected chi connectivity index (χ4v) is 2.69. The van der Waals surface area contributed by atoms with Gasteiger partial charge < -0.3 is 5.73 Å². The third-order valence-electron chi connectivity index (χ3n) is 2.24. The van der Waals surface area contributed by atoms with Crippen LogP contribution in [-0.2, 0) is 12.8 Å². The Morgan fingerprint density at radius 1 is 1.38 bits per heavy atom. The van der Waals surface area contributed by atoms with E-state index in [1.807, 2.05) is 24.4 Å². The molecule has 84 valence electrons. The highest BCUT2D eigenvalue weighted by Crippen LogP contribution is 2.19. The molecule has 0 bridgehead atoms. The van der Waals surface area contributed by atoms with Gasteiger partial charge in [0.25, 0.3) is 0 Å². The first-order valence-electron chi connectivity index (χ1n) is 5.16. The summed E-state index contributed by atoms with van der Waals surface area (Å²) in [6.07, 6.45) is 3.67. The number of aromatic nitrogens is 1. The molecule has 2 aromatic rings. The maximum absolute atomic E-state index is 5.93. The summed E-state index contributed by atoms with van der Waals surface area (Å²) in [4.78, 5) is 5.63. The van der Waals surface area contributed by atoms with E-state index >= 15 is 0 Å². The van der Waals surface area contributed by atoms with Gasteiger partial charge in [0.15, 0.2) is 0 Å². The van der Waals surface area contributed by atoms with Crippen LogP contribution in [0.15, 0.2) is 30.5 Å². The summed E-state index contributed by atoms with van der Waals surface area (Å²) < 4.78 is 0. The molecule has 2 rings (SSSR count). The van der Waals surface area contributed by atoms with Crippen molar-refractivity contribution in [3.63, 3.8) is 0 Å². The maximum atomic E-state index is 5.93. The van der Waals surface area contributed by atoms with Crippen molar-refractivity contribution in [2.45, 2.75) is 12.8 Å². The summed E-state index contributed by atoms with van der Waals surface area (Å²) in [6.45, 7) is 0.679. The molecule has 2 N–H and O–H groups in total. The number of hydrogen-bond donors (Lipinski definition) is 1. The van der Waals surface area contributed by atoms with Crippen LogP contribution >= 0.6 is 22.9 Å². The zero-order valence-electron chi connectivity index (χ0n) is 8.82. The second-order valence-electron chi connectivity index (χ2n) is 3.57. The van der Waals surface area contributed by atoms with Gasteiger partial charge in [-0.25, -0.2) is 4.98 Å². The zero-order chi connectivity index (χ0) is 11.4. The number of nitrogens with two attached hydrogens (primary N) is 1. The second kappa shape index (κ2) is 5.43. The van der Waals surface area contributed by atoms with Crippen LogP contribution in [0.3, 0.4) is 0 Å². The molecular formula is C12H13ClN2S. The van der Waals surface area contributed by atoms with Gasteiger partial charge in [0.05, 0.1) is 5.01 Å². The average Bonchev–Trinajstić information content (AvgIpc) is 2.66. The molecule has 0 fully saturated rings. The Bertz CT molecular complexity index is 468. The molecule has 0 aliphatic carbocycles. The summed E-state index contributed by atoms with van der Waals surface area (Å²) in [7, 11) is 0. The predicted molar refractivity (Wildman–Crippen MR) is 69.1 cm³/mol. The first-order valence-corrected chi connectivity index (χ1v) is 6.35. The minimum Gasteiger partial charge on any atom is -0.330 e. The Balaban J connectivity index is 2.08. The minimum atomic E-state index is 0.679. The summed E-state index contributed by atoms with van der Waals surface area (Å²) in [5.74, 6) is 0. The molecule has 0 aliphatic rings.